The monoisotopic (exact) mass is 314 g/mol. The van der Waals surface area contributed by atoms with Gasteiger partial charge in [0.2, 0.25) is 0 Å². The summed E-state index contributed by atoms with van der Waals surface area (Å²) in [4.78, 5) is 0. The average Bonchev–Trinajstić information content (AvgIpc) is 2.39. The molecule has 0 aromatic heterocycles. The highest BCUT2D eigenvalue weighted by Gasteiger charge is 2.39. The lowest BCUT2D eigenvalue weighted by atomic mass is 10.1. The van der Waals surface area contributed by atoms with Gasteiger partial charge < -0.3 is 0 Å². The third-order valence-electron chi connectivity index (χ3n) is 3.94. The molecule has 0 saturated heterocycles. The summed E-state index contributed by atoms with van der Waals surface area (Å²) in [5.41, 5.74) is -2.47. The molecule has 1 nitrogen and oxygen atoms in total. The standard InChI is InChI=1S/C14H18F6N/c1-4-21(5-2,6-3)12-8-10(13(15,16)17)7-11(9-12)14(18,19)20/h7-9H,4-6H2,1-3H3/q+1. The fraction of sp³-hybridized carbons (Fsp3) is 0.571. The number of quaternary nitrogens is 1. The highest BCUT2D eigenvalue weighted by atomic mass is 19.4. The van der Waals surface area contributed by atoms with E-state index in [9.17, 15) is 26.3 Å². The van der Waals surface area contributed by atoms with Crippen molar-refractivity contribution in [2.24, 2.45) is 0 Å². The second kappa shape index (κ2) is 5.87. The molecule has 0 fully saturated rings. The smallest absolute Gasteiger partial charge is 0.292 e. The van der Waals surface area contributed by atoms with Crippen LogP contribution in [0, 0.1) is 0 Å². The Bertz CT molecular complexity index is 445. The maximum absolute atomic E-state index is 12.9. The van der Waals surface area contributed by atoms with E-state index in [1.54, 1.807) is 20.8 Å². The van der Waals surface area contributed by atoms with Crippen molar-refractivity contribution in [1.82, 2.24) is 4.48 Å². The Balaban J connectivity index is 3.59. The summed E-state index contributed by atoms with van der Waals surface area (Å²) < 4.78 is 77.2. The molecule has 0 spiro atoms. The van der Waals surface area contributed by atoms with Crippen molar-refractivity contribution in [2.45, 2.75) is 33.1 Å². The van der Waals surface area contributed by atoms with Gasteiger partial charge in [-0.1, -0.05) is 0 Å². The minimum Gasteiger partial charge on any atom is -0.292 e. The zero-order valence-electron chi connectivity index (χ0n) is 12.1. The van der Waals surface area contributed by atoms with Crippen molar-refractivity contribution in [2.75, 3.05) is 19.6 Å². The van der Waals surface area contributed by atoms with Crippen LogP contribution in [0.2, 0.25) is 0 Å². The zero-order chi connectivity index (χ0) is 16.5. The van der Waals surface area contributed by atoms with Crippen molar-refractivity contribution in [3.05, 3.63) is 29.3 Å². The van der Waals surface area contributed by atoms with Gasteiger partial charge in [0.05, 0.1) is 30.8 Å². The molecule has 0 unspecified atom stereocenters. The fourth-order valence-electron chi connectivity index (χ4n) is 2.43. The van der Waals surface area contributed by atoms with Crippen LogP contribution in [0.1, 0.15) is 31.9 Å². The van der Waals surface area contributed by atoms with Gasteiger partial charge in [-0.2, -0.15) is 26.3 Å². The molecule has 0 amide bonds. The maximum Gasteiger partial charge on any atom is 0.416 e. The molecule has 1 aromatic rings. The molecule has 0 bridgehead atoms. The van der Waals surface area contributed by atoms with Crippen molar-refractivity contribution in [3.8, 4) is 0 Å². The van der Waals surface area contributed by atoms with Crippen LogP contribution in [-0.4, -0.2) is 19.6 Å². The average molecular weight is 314 g/mol. The van der Waals surface area contributed by atoms with Gasteiger partial charge in [0.15, 0.2) is 0 Å². The first-order valence-corrected chi connectivity index (χ1v) is 6.66. The minimum atomic E-state index is -4.80. The van der Waals surface area contributed by atoms with Gasteiger partial charge in [-0.3, -0.25) is 4.48 Å². The number of alkyl halides is 6. The number of halogens is 6. The molecule has 21 heavy (non-hydrogen) atoms. The summed E-state index contributed by atoms with van der Waals surface area (Å²) in [6, 6.07) is 1.82. The number of rotatable bonds is 4. The van der Waals surface area contributed by atoms with Crippen LogP contribution in [0.4, 0.5) is 32.0 Å². The van der Waals surface area contributed by atoms with Crippen LogP contribution in [0.15, 0.2) is 18.2 Å². The molecule has 0 radical (unpaired) electrons. The largest absolute Gasteiger partial charge is 0.416 e. The predicted molar refractivity (Wildman–Crippen MR) is 69.9 cm³/mol. The van der Waals surface area contributed by atoms with Crippen LogP contribution in [-0.2, 0) is 12.4 Å². The van der Waals surface area contributed by atoms with E-state index >= 15 is 0 Å². The Kier molecular flexibility index (Phi) is 4.98. The molecule has 0 atom stereocenters. The zero-order valence-corrected chi connectivity index (χ0v) is 12.1. The van der Waals surface area contributed by atoms with Crippen molar-refractivity contribution in [3.63, 3.8) is 0 Å². The van der Waals surface area contributed by atoms with Crippen molar-refractivity contribution in [1.29, 1.82) is 0 Å². The molecule has 0 aliphatic carbocycles. The van der Waals surface area contributed by atoms with E-state index < -0.39 is 23.5 Å². The molecule has 0 saturated carbocycles. The van der Waals surface area contributed by atoms with Crippen LogP contribution in [0.5, 0.6) is 0 Å². The van der Waals surface area contributed by atoms with E-state index in [-0.39, 0.29) is 16.2 Å². The maximum atomic E-state index is 12.9. The number of hydrogen-bond donors (Lipinski definition) is 0. The molecule has 0 aliphatic heterocycles. The van der Waals surface area contributed by atoms with Gasteiger partial charge in [0.1, 0.15) is 5.69 Å². The number of nitrogens with zero attached hydrogens (tertiary/aromatic N) is 1. The van der Waals surface area contributed by atoms with Crippen LogP contribution >= 0.6 is 0 Å². The van der Waals surface area contributed by atoms with Gasteiger partial charge in [-0.05, 0) is 26.8 Å². The SMILES string of the molecule is CC[N+](CC)(CC)c1cc(C(F)(F)F)cc(C(F)(F)F)c1. The lowest BCUT2D eigenvalue weighted by Crippen LogP contribution is -2.48. The third kappa shape index (κ3) is 3.70. The second-order valence-corrected chi connectivity index (χ2v) is 4.86. The Labute approximate surface area is 119 Å². The quantitative estimate of drug-likeness (QED) is 0.536. The van der Waals surface area contributed by atoms with E-state index in [0.717, 1.165) is 12.1 Å². The van der Waals surface area contributed by atoms with E-state index in [1.807, 2.05) is 0 Å². The summed E-state index contributed by atoms with van der Waals surface area (Å²) in [7, 11) is 0. The van der Waals surface area contributed by atoms with Gasteiger partial charge in [0, 0.05) is 12.1 Å². The van der Waals surface area contributed by atoms with E-state index in [1.165, 1.54) is 0 Å². The van der Waals surface area contributed by atoms with Gasteiger partial charge in [-0.15, -0.1) is 0 Å². The summed E-state index contributed by atoms with van der Waals surface area (Å²) in [6.07, 6.45) is -9.61. The lowest BCUT2D eigenvalue weighted by Gasteiger charge is -2.36. The first-order valence-electron chi connectivity index (χ1n) is 6.66. The molecule has 0 heterocycles. The highest BCUT2D eigenvalue weighted by Crippen LogP contribution is 2.39. The Morgan fingerprint density at radius 1 is 0.714 bits per heavy atom. The molecule has 1 aromatic carbocycles. The van der Waals surface area contributed by atoms with Gasteiger partial charge >= 0.3 is 12.4 Å². The van der Waals surface area contributed by atoms with E-state index in [2.05, 4.69) is 0 Å². The summed E-state index contributed by atoms with van der Waals surface area (Å²) in [5.74, 6) is 0. The lowest BCUT2D eigenvalue weighted by molar-refractivity contribution is -0.143. The molecule has 0 N–H and O–H groups in total. The summed E-state index contributed by atoms with van der Waals surface area (Å²) >= 11 is 0. The third-order valence-corrected chi connectivity index (χ3v) is 3.94. The normalized spacial score (nSPS) is 13.6. The first kappa shape index (κ1) is 17.8. The second-order valence-electron chi connectivity index (χ2n) is 4.86. The molecule has 7 heteroatoms. The molecule has 1 rings (SSSR count). The number of hydrogen-bond acceptors (Lipinski definition) is 0. The first-order chi connectivity index (χ1) is 9.50. The topological polar surface area (TPSA) is 0 Å². The Hall–Kier alpha value is -1.24. The summed E-state index contributed by atoms with van der Waals surface area (Å²) in [6.45, 7) is 6.52. The molecular weight excluding hydrogens is 296 g/mol. The summed E-state index contributed by atoms with van der Waals surface area (Å²) in [5, 5.41) is 0. The predicted octanol–water partition coefficient (Wildman–Crippen LogP) is 5.09. The van der Waals surface area contributed by atoms with E-state index in [4.69, 9.17) is 0 Å². The van der Waals surface area contributed by atoms with Gasteiger partial charge in [0.25, 0.3) is 0 Å². The van der Waals surface area contributed by atoms with Crippen molar-refractivity contribution >= 4 is 5.69 Å². The Morgan fingerprint density at radius 3 is 1.29 bits per heavy atom. The fourth-order valence-corrected chi connectivity index (χ4v) is 2.43. The van der Waals surface area contributed by atoms with Crippen molar-refractivity contribution < 1.29 is 26.3 Å². The van der Waals surface area contributed by atoms with Crippen LogP contribution < -0.4 is 4.48 Å². The molecule has 0 aliphatic rings. The minimum absolute atomic E-state index is 0.0460. The van der Waals surface area contributed by atoms with E-state index in [0.29, 0.717) is 19.6 Å². The van der Waals surface area contributed by atoms with Crippen LogP contribution in [0.25, 0.3) is 0 Å². The van der Waals surface area contributed by atoms with Gasteiger partial charge in [-0.25, -0.2) is 0 Å². The Morgan fingerprint density at radius 2 is 1.05 bits per heavy atom. The molecular formula is C14H18F6N+. The number of benzene rings is 1. The van der Waals surface area contributed by atoms with Crippen LogP contribution in [0.3, 0.4) is 0 Å². The highest BCUT2D eigenvalue weighted by molar-refractivity contribution is 5.50. The molecule has 120 valence electrons.